The lowest BCUT2D eigenvalue weighted by Gasteiger charge is -2.30. The van der Waals surface area contributed by atoms with Crippen molar-refractivity contribution in [1.29, 1.82) is 0 Å². The second-order valence-electron chi connectivity index (χ2n) is 4.83. The molecule has 1 aliphatic heterocycles. The standard InChI is InChI=1S/C14H22N2O2/c15-13-5-7-16(8-6-13)11-12-1-3-14(4-2-12)18-10-9-17/h1-4,13,17H,5-11,15H2. The van der Waals surface area contributed by atoms with Crippen LogP contribution < -0.4 is 10.5 Å². The summed E-state index contributed by atoms with van der Waals surface area (Å²) in [7, 11) is 0. The molecule has 0 atom stereocenters. The predicted octanol–water partition coefficient (Wildman–Crippen LogP) is 0.981. The maximum absolute atomic E-state index is 8.68. The van der Waals surface area contributed by atoms with E-state index in [1.54, 1.807) is 0 Å². The van der Waals surface area contributed by atoms with Gasteiger partial charge in [0.25, 0.3) is 0 Å². The van der Waals surface area contributed by atoms with E-state index in [9.17, 15) is 0 Å². The molecule has 0 amide bonds. The monoisotopic (exact) mass is 250 g/mol. The number of benzene rings is 1. The smallest absolute Gasteiger partial charge is 0.119 e. The van der Waals surface area contributed by atoms with Gasteiger partial charge in [0.05, 0.1) is 6.61 Å². The lowest BCUT2D eigenvalue weighted by molar-refractivity contribution is 0.200. The van der Waals surface area contributed by atoms with Crippen LogP contribution in [0.5, 0.6) is 5.75 Å². The molecular weight excluding hydrogens is 228 g/mol. The van der Waals surface area contributed by atoms with Gasteiger partial charge in [0.15, 0.2) is 0 Å². The van der Waals surface area contributed by atoms with E-state index < -0.39 is 0 Å². The molecule has 3 N–H and O–H groups in total. The van der Waals surface area contributed by atoms with Crippen molar-refractivity contribution in [3.05, 3.63) is 29.8 Å². The number of aliphatic hydroxyl groups excluding tert-OH is 1. The number of likely N-dealkylation sites (tertiary alicyclic amines) is 1. The Hall–Kier alpha value is -1.10. The second kappa shape index (κ2) is 6.73. The normalized spacial score (nSPS) is 17.9. The predicted molar refractivity (Wildman–Crippen MR) is 71.5 cm³/mol. The Bertz CT molecular complexity index is 345. The van der Waals surface area contributed by atoms with Crippen LogP contribution in [0.2, 0.25) is 0 Å². The van der Waals surface area contributed by atoms with Crippen LogP contribution in [-0.2, 0) is 6.54 Å². The average molecular weight is 250 g/mol. The van der Waals surface area contributed by atoms with Gasteiger partial charge in [-0.2, -0.15) is 0 Å². The van der Waals surface area contributed by atoms with Gasteiger partial charge < -0.3 is 15.6 Å². The molecule has 1 aromatic carbocycles. The van der Waals surface area contributed by atoms with E-state index in [1.165, 1.54) is 5.56 Å². The first-order chi connectivity index (χ1) is 8.78. The fourth-order valence-corrected chi connectivity index (χ4v) is 2.22. The average Bonchev–Trinajstić information content (AvgIpc) is 2.41. The van der Waals surface area contributed by atoms with Crippen molar-refractivity contribution in [2.24, 2.45) is 5.73 Å². The highest BCUT2D eigenvalue weighted by atomic mass is 16.5. The molecule has 0 unspecified atom stereocenters. The summed E-state index contributed by atoms with van der Waals surface area (Å²) >= 11 is 0. The lowest BCUT2D eigenvalue weighted by Crippen LogP contribution is -2.39. The number of ether oxygens (including phenoxy) is 1. The molecule has 1 heterocycles. The number of hydrogen-bond donors (Lipinski definition) is 2. The molecule has 1 saturated heterocycles. The first-order valence-electron chi connectivity index (χ1n) is 6.58. The topological polar surface area (TPSA) is 58.7 Å². The Morgan fingerprint density at radius 3 is 2.50 bits per heavy atom. The van der Waals surface area contributed by atoms with Gasteiger partial charge in [0.1, 0.15) is 12.4 Å². The molecule has 0 saturated carbocycles. The summed E-state index contributed by atoms with van der Waals surface area (Å²) in [6.45, 7) is 3.56. The van der Waals surface area contributed by atoms with Gasteiger partial charge in [-0.25, -0.2) is 0 Å². The van der Waals surface area contributed by atoms with E-state index in [4.69, 9.17) is 15.6 Å². The Morgan fingerprint density at radius 1 is 1.22 bits per heavy atom. The maximum atomic E-state index is 8.68. The summed E-state index contributed by atoms with van der Waals surface area (Å²) in [6, 6.07) is 8.47. The van der Waals surface area contributed by atoms with Crippen LogP contribution in [0.1, 0.15) is 18.4 Å². The Balaban J connectivity index is 1.82. The molecule has 0 bridgehead atoms. The van der Waals surface area contributed by atoms with Gasteiger partial charge in [-0.3, -0.25) is 4.90 Å². The Kier molecular flexibility index (Phi) is 4.99. The summed E-state index contributed by atoms with van der Waals surface area (Å²) in [5.41, 5.74) is 7.19. The largest absolute Gasteiger partial charge is 0.491 e. The molecule has 1 aliphatic rings. The van der Waals surface area contributed by atoms with Crippen LogP contribution >= 0.6 is 0 Å². The van der Waals surface area contributed by atoms with Crippen molar-refractivity contribution in [2.45, 2.75) is 25.4 Å². The van der Waals surface area contributed by atoms with Crippen LogP contribution in [0.3, 0.4) is 0 Å². The van der Waals surface area contributed by atoms with E-state index in [0.717, 1.165) is 38.2 Å². The van der Waals surface area contributed by atoms with Gasteiger partial charge >= 0.3 is 0 Å². The van der Waals surface area contributed by atoms with Gasteiger partial charge in [0.2, 0.25) is 0 Å². The van der Waals surface area contributed by atoms with Gasteiger partial charge in [0, 0.05) is 12.6 Å². The minimum Gasteiger partial charge on any atom is -0.491 e. The van der Waals surface area contributed by atoms with Crippen molar-refractivity contribution in [1.82, 2.24) is 4.90 Å². The summed E-state index contributed by atoms with van der Waals surface area (Å²) in [5.74, 6) is 0.813. The molecule has 2 rings (SSSR count). The van der Waals surface area contributed by atoms with Crippen molar-refractivity contribution >= 4 is 0 Å². The fourth-order valence-electron chi connectivity index (χ4n) is 2.22. The number of aliphatic hydroxyl groups is 1. The summed E-state index contributed by atoms with van der Waals surface area (Å²) in [6.07, 6.45) is 2.19. The van der Waals surface area contributed by atoms with Crippen molar-refractivity contribution in [3.63, 3.8) is 0 Å². The molecule has 0 spiro atoms. The molecular formula is C14H22N2O2. The third kappa shape index (κ3) is 3.98. The van der Waals surface area contributed by atoms with Crippen molar-refractivity contribution in [3.8, 4) is 5.75 Å². The molecule has 0 aliphatic carbocycles. The van der Waals surface area contributed by atoms with E-state index in [0.29, 0.717) is 12.6 Å². The minimum absolute atomic E-state index is 0.0514. The molecule has 4 heteroatoms. The SMILES string of the molecule is NC1CCN(Cc2ccc(OCCO)cc2)CC1. The summed E-state index contributed by atoms with van der Waals surface area (Å²) < 4.78 is 5.33. The first kappa shape index (κ1) is 13.3. The van der Waals surface area contributed by atoms with Crippen LogP contribution in [-0.4, -0.2) is 42.4 Å². The third-order valence-electron chi connectivity index (χ3n) is 3.32. The van der Waals surface area contributed by atoms with Crippen LogP contribution in [0.4, 0.5) is 0 Å². The zero-order chi connectivity index (χ0) is 12.8. The van der Waals surface area contributed by atoms with Gasteiger partial charge in [-0.05, 0) is 43.6 Å². The van der Waals surface area contributed by atoms with Crippen LogP contribution in [0.25, 0.3) is 0 Å². The third-order valence-corrected chi connectivity index (χ3v) is 3.32. The minimum atomic E-state index is 0.0514. The van der Waals surface area contributed by atoms with E-state index >= 15 is 0 Å². The molecule has 18 heavy (non-hydrogen) atoms. The summed E-state index contributed by atoms with van der Waals surface area (Å²) in [5, 5.41) is 8.68. The second-order valence-corrected chi connectivity index (χ2v) is 4.83. The van der Waals surface area contributed by atoms with Gasteiger partial charge in [-0.15, -0.1) is 0 Å². The van der Waals surface area contributed by atoms with Crippen molar-refractivity contribution in [2.75, 3.05) is 26.3 Å². The Labute approximate surface area is 108 Å². The lowest BCUT2D eigenvalue weighted by atomic mass is 10.1. The van der Waals surface area contributed by atoms with Crippen LogP contribution in [0.15, 0.2) is 24.3 Å². The number of rotatable bonds is 5. The van der Waals surface area contributed by atoms with Crippen LogP contribution in [0, 0.1) is 0 Å². The number of piperidine rings is 1. The summed E-state index contributed by atoms with van der Waals surface area (Å²) in [4.78, 5) is 2.44. The van der Waals surface area contributed by atoms with Gasteiger partial charge in [-0.1, -0.05) is 12.1 Å². The molecule has 100 valence electrons. The first-order valence-corrected chi connectivity index (χ1v) is 6.58. The number of hydrogen-bond acceptors (Lipinski definition) is 4. The zero-order valence-corrected chi connectivity index (χ0v) is 10.7. The molecule has 0 radical (unpaired) electrons. The quantitative estimate of drug-likeness (QED) is 0.818. The fraction of sp³-hybridized carbons (Fsp3) is 0.571. The molecule has 0 aromatic heterocycles. The number of nitrogens with zero attached hydrogens (tertiary/aromatic N) is 1. The van der Waals surface area contributed by atoms with E-state index in [1.807, 2.05) is 12.1 Å². The molecule has 4 nitrogen and oxygen atoms in total. The van der Waals surface area contributed by atoms with E-state index in [-0.39, 0.29) is 6.61 Å². The Morgan fingerprint density at radius 2 is 1.89 bits per heavy atom. The highest BCUT2D eigenvalue weighted by Gasteiger charge is 2.15. The highest BCUT2D eigenvalue weighted by molar-refractivity contribution is 5.27. The maximum Gasteiger partial charge on any atom is 0.119 e. The highest BCUT2D eigenvalue weighted by Crippen LogP contribution is 2.16. The zero-order valence-electron chi connectivity index (χ0n) is 10.7. The molecule has 1 fully saturated rings. The van der Waals surface area contributed by atoms with E-state index in [2.05, 4.69) is 17.0 Å². The number of nitrogens with two attached hydrogens (primary N) is 1. The van der Waals surface area contributed by atoms with Crippen molar-refractivity contribution < 1.29 is 9.84 Å². The molecule has 1 aromatic rings.